The maximum Gasteiger partial charge on any atom is 0.162 e. The molecule has 0 aliphatic carbocycles. The number of nitrogens with zero attached hydrogens (tertiary/aromatic N) is 3. The van der Waals surface area contributed by atoms with Crippen molar-refractivity contribution in [2.45, 2.75) is 31.8 Å². The molecule has 2 aliphatic heterocycles. The second-order valence-electron chi connectivity index (χ2n) is 8.14. The fourth-order valence-corrected chi connectivity index (χ4v) is 4.11. The molecular weight excluding hydrogens is 386 g/mol. The number of aromatic nitrogens is 2. The number of hydrogen-bond acceptors (Lipinski definition) is 4. The number of anilines is 1. The summed E-state index contributed by atoms with van der Waals surface area (Å²) in [5.74, 6) is -0.847. The van der Waals surface area contributed by atoms with Crippen molar-refractivity contribution < 1.29 is 13.5 Å². The smallest absolute Gasteiger partial charge is 0.162 e. The first kappa shape index (κ1) is 19.1. The molecule has 1 N–H and O–H groups in total. The summed E-state index contributed by atoms with van der Waals surface area (Å²) in [6, 6.07) is 8.57. The van der Waals surface area contributed by atoms with Crippen molar-refractivity contribution in [3.05, 3.63) is 59.9 Å². The lowest BCUT2D eigenvalue weighted by molar-refractivity contribution is 0.318. The molecule has 1 atom stereocenters. The maximum atomic E-state index is 13.8. The van der Waals surface area contributed by atoms with Gasteiger partial charge in [-0.3, -0.25) is 4.68 Å². The third-order valence-corrected chi connectivity index (χ3v) is 6.25. The van der Waals surface area contributed by atoms with Crippen LogP contribution >= 0.6 is 0 Å². The molecule has 0 amide bonds. The van der Waals surface area contributed by atoms with E-state index in [9.17, 15) is 8.78 Å². The van der Waals surface area contributed by atoms with E-state index >= 15 is 0 Å². The van der Waals surface area contributed by atoms with Crippen molar-refractivity contribution in [1.82, 2.24) is 15.1 Å². The Morgan fingerprint density at radius 2 is 1.97 bits per heavy atom. The number of fused-ring (bicyclic) bond motifs is 1. The van der Waals surface area contributed by atoms with Gasteiger partial charge in [-0.2, -0.15) is 5.10 Å². The van der Waals surface area contributed by atoms with Crippen LogP contribution < -0.4 is 15.0 Å². The molecule has 3 heterocycles. The zero-order valence-corrected chi connectivity index (χ0v) is 17.0. The quantitative estimate of drug-likeness (QED) is 0.686. The molecule has 1 aromatic heterocycles. The molecule has 30 heavy (non-hydrogen) atoms. The summed E-state index contributed by atoms with van der Waals surface area (Å²) in [6.07, 6.45) is 5.72. The Morgan fingerprint density at radius 3 is 2.70 bits per heavy atom. The molecule has 5 rings (SSSR count). The molecule has 2 aliphatic rings. The molecule has 1 saturated heterocycles. The zero-order valence-electron chi connectivity index (χ0n) is 17.0. The van der Waals surface area contributed by atoms with Gasteiger partial charge in [0.05, 0.1) is 12.2 Å². The van der Waals surface area contributed by atoms with Gasteiger partial charge in [0, 0.05) is 60.8 Å². The minimum Gasteiger partial charge on any atom is -0.456 e. The van der Waals surface area contributed by atoms with Gasteiger partial charge >= 0.3 is 0 Å². The van der Waals surface area contributed by atoms with E-state index in [-0.39, 0.29) is 5.75 Å². The molecule has 5 nitrogen and oxygen atoms in total. The zero-order chi connectivity index (χ0) is 20.8. The highest BCUT2D eigenvalue weighted by Gasteiger charge is 2.27. The highest BCUT2D eigenvalue weighted by Crippen LogP contribution is 2.44. The van der Waals surface area contributed by atoms with Gasteiger partial charge in [0.1, 0.15) is 11.5 Å². The van der Waals surface area contributed by atoms with Crippen molar-refractivity contribution in [2.75, 3.05) is 25.0 Å². The van der Waals surface area contributed by atoms with Gasteiger partial charge in [0.2, 0.25) is 0 Å². The molecule has 7 heteroatoms. The van der Waals surface area contributed by atoms with E-state index in [1.54, 1.807) is 0 Å². The Kier molecular flexibility index (Phi) is 4.70. The highest BCUT2D eigenvalue weighted by molar-refractivity contribution is 5.78. The standard InChI is InChI=1S/C23H24F2N4O/c1-14-3-5-19-22(28(14)2)8-6-18(15-10-27-29(13-15)16-11-26-12-16)23(19)30-17-4-7-20(24)21(25)9-17/h4,6-10,13-14,16,26H,3,5,11-12H2,1-2H3. The summed E-state index contributed by atoms with van der Waals surface area (Å²) < 4.78 is 35.4. The van der Waals surface area contributed by atoms with E-state index in [0.29, 0.717) is 17.8 Å². The normalized spacial score (nSPS) is 18.8. The second-order valence-corrected chi connectivity index (χ2v) is 8.14. The van der Waals surface area contributed by atoms with Crippen LogP contribution in [0.4, 0.5) is 14.5 Å². The lowest BCUT2D eigenvalue weighted by Gasteiger charge is -2.35. The van der Waals surface area contributed by atoms with Gasteiger partial charge in [0.25, 0.3) is 0 Å². The number of benzene rings is 2. The van der Waals surface area contributed by atoms with Crippen LogP contribution in [-0.2, 0) is 6.42 Å². The van der Waals surface area contributed by atoms with Crippen LogP contribution in [0.5, 0.6) is 11.5 Å². The molecule has 0 radical (unpaired) electrons. The summed E-state index contributed by atoms with van der Waals surface area (Å²) in [6.45, 7) is 4.02. The number of halogens is 2. The van der Waals surface area contributed by atoms with Crippen LogP contribution in [0.3, 0.4) is 0 Å². The maximum absolute atomic E-state index is 13.8. The Morgan fingerprint density at radius 1 is 1.13 bits per heavy atom. The molecule has 1 unspecified atom stereocenters. The first-order valence-electron chi connectivity index (χ1n) is 10.3. The van der Waals surface area contributed by atoms with Crippen molar-refractivity contribution in [3.63, 3.8) is 0 Å². The van der Waals surface area contributed by atoms with E-state index in [1.807, 2.05) is 23.1 Å². The fourth-order valence-electron chi connectivity index (χ4n) is 4.11. The van der Waals surface area contributed by atoms with Crippen molar-refractivity contribution in [3.8, 4) is 22.6 Å². The number of rotatable bonds is 4. The second kappa shape index (κ2) is 7.40. The average Bonchev–Trinajstić information content (AvgIpc) is 3.15. The molecule has 3 aromatic rings. The predicted molar refractivity (Wildman–Crippen MR) is 112 cm³/mol. The van der Waals surface area contributed by atoms with E-state index < -0.39 is 11.6 Å². The SMILES string of the molecule is CC1CCc2c(ccc(-c3cnn(C4CNC4)c3)c2Oc2ccc(F)c(F)c2)N1C. The lowest BCUT2D eigenvalue weighted by Crippen LogP contribution is -2.43. The monoisotopic (exact) mass is 410 g/mol. The van der Waals surface area contributed by atoms with Crippen LogP contribution in [0.2, 0.25) is 0 Å². The van der Waals surface area contributed by atoms with Crippen LogP contribution in [-0.4, -0.2) is 36.0 Å². The lowest BCUT2D eigenvalue weighted by atomic mass is 9.93. The van der Waals surface area contributed by atoms with Gasteiger partial charge in [-0.25, -0.2) is 8.78 Å². The third kappa shape index (κ3) is 3.23. The first-order valence-corrected chi connectivity index (χ1v) is 10.3. The minimum atomic E-state index is -0.921. The summed E-state index contributed by atoms with van der Waals surface area (Å²) in [5.41, 5.74) is 4.03. The van der Waals surface area contributed by atoms with Gasteiger partial charge in [-0.05, 0) is 44.0 Å². The van der Waals surface area contributed by atoms with E-state index in [0.717, 1.165) is 60.4 Å². The Hall–Kier alpha value is -2.93. The minimum absolute atomic E-state index is 0.278. The molecular formula is C23H24F2N4O. The van der Waals surface area contributed by atoms with Crippen LogP contribution in [0.25, 0.3) is 11.1 Å². The van der Waals surface area contributed by atoms with Crippen LogP contribution in [0.1, 0.15) is 24.9 Å². The third-order valence-electron chi connectivity index (χ3n) is 6.25. The van der Waals surface area contributed by atoms with E-state index in [4.69, 9.17) is 4.74 Å². The molecule has 156 valence electrons. The van der Waals surface area contributed by atoms with Gasteiger partial charge in [-0.15, -0.1) is 0 Å². The number of ether oxygens (including phenoxy) is 1. The topological polar surface area (TPSA) is 42.3 Å². The van der Waals surface area contributed by atoms with Gasteiger partial charge in [0.15, 0.2) is 11.6 Å². The number of nitrogens with one attached hydrogen (secondary N) is 1. The fraction of sp³-hybridized carbons (Fsp3) is 0.348. The average molecular weight is 410 g/mol. The molecule has 0 saturated carbocycles. The van der Waals surface area contributed by atoms with Gasteiger partial charge < -0.3 is 15.0 Å². The largest absolute Gasteiger partial charge is 0.456 e. The van der Waals surface area contributed by atoms with Crippen LogP contribution in [0, 0.1) is 11.6 Å². The Bertz CT molecular complexity index is 1090. The van der Waals surface area contributed by atoms with Crippen molar-refractivity contribution in [2.24, 2.45) is 0 Å². The predicted octanol–water partition coefficient (Wildman–Crippen LogP) is 4.54. The van der Waals surface area contributed by atoms with Crippen molar-refractivity contribution >= 4 is 5.69 Å². The molecule has 2 aromatic carbocycles. The first-order chi connectivity index (χ1) is 14.5. The number of hydrogen-bond donors (Lipinski definition) is 1. The Balaban J connectivity index is 1.60. The van der Waals surface area contributed by atoms with Crippen molar-refractivity contribution in [1.29, 1.82) is 0 Å². The summed E-state index contributed by atoms with van der Waals surface area (Å²) in [5, 5.41) is 7.78. The van der Waals surface area contributed by atoms with E-state index in [2.05, 4.69) is 35.4 Å². The molecule has 1 fully saturated rings. The molecule has 0 spiro atoms. The van der Waals surface area contributed by atoms with Crippen LogP contribution in [0.15, 0.2) is 42.7 Å². The highest BCUT2D eigenvalue weighted by atomic mass is 19.2. The van der Waals surface area contributed by atoms with E-state index in [1.165, 1.54) is 6.07 Å². The summed E-state index contributed by atoms with van der Waals surface area (Å²) in [7, 11) is 2.07. The molecule has 0 bridgehead atoms. The van der Waals surface area contributed by atoms with Gasteiger partial charge in [-0.1, -0.05) is 0 Å². The summed E-state index contributed by atoms with van der Waals surface area (Å²) in [4.78, 5) is 2.24. The summed E-state index contributed by atoms with van der Waals surface area (Å²) >= 11 is 0. The Labute approximate surface area is 174 Å².